The SMILES string of the molecule is CC(C)(CNC(=O)OC(C)(C)C)NC(=O)/C=C/c1ccc([N+](=O)[O-])cc1. The average Bonchev–Trinajstić information content (AvgIpc) is 2.49. The van der Waals surface area contributed by atoms with E-state index in [0.717, 1.165) is 0 Å². The second-order valence-corrected chi connectivity index (χ2v) is 7.41. The molecule has 0 aliphatic heterocycles. The van der Waals surface area contributed by atoms with E-state index in [2.05, 4.69) is 10.6 Å². The minimum atomic E-state index is -0.687. The minimum Gasteiger partial charge on any atom is -0.444 e. The van der Waals surface area contributed by atoms with Crippen LogP contribution < -0.4 is 10.6 Å². The van der Waals surface area contributed by atoms with Crippen molar-refractivity contribution < 1.29 is 19.2 Å². The Labute approximate surface area is 152 Å². The summed E-state index contributed by atoms with van der Waals surface area (Å²) in [4.78, 5) is 33.8. The monoisotopic (exact) mass is 363 g/mol. The second kappa shape index (κ2) is 8.46. The van der Waals surface area contributed by atoms with E-state index in [1.165, 1.54) is 18.2 Å². The number of benzene rings is 1. The Balaban J connectivity index is 2.54. The second-order valence-electron chi connectivity index (χ2n) is 7.41. The maximum Gasteiger partial charge on any atom is 0.407 e. The van der Waals surface area contributed by atoms with Gasteiger partial charge in [-0.25, -0.2) is 4.79 Å². The van der Waals surface area contributed by atoms with Crippen molar-refractivity contribution in [2.45, 2.75) is 45.8 Å². The summed E-state index contributed by atoms with van der Waals surface area (Å²) < 4.78 is 5.15. The third-order valence-corrected chi connectivity index (χ3v) is 3.07. The van der Waals surface area contributed by atoms with Crippen LogP contribution in [0, 0.1) is 10.1 Å². The number of non-ortho nitro benzene ring substituents is 1. The molecule has 0 aliphatic rings. The summed E-state index contributed by atoms with van der Waals surface area (Å²) in [5, 5.41) is 16.0. The molecule has 26 heavy (non-hydrogen) atoms. The molecule has 0 aromatic heterocycles. The summed E-state index contributed by atoms with van der Waals surface area (Å²) >= 11 is 0. The summed E-state index contributed by atoms with van der Waals surface area (Å²) in [6.07, 6.45) is 2.33. The van der Waals surface area contributed by atoms with Crippen LogP contribution in [0.4, 0.5) is 10.5 Å². The van der Waals surface area contributed by atoms with Crippen LogP contribution in [0.2, 0.25) is 0 Å². The Hall–Kier alpha value is -2.90. The van der Waals surface area contributed by atoms with Crippen LogP contribution in [0.15, 0.2) is 30.3 Å². The molecule has 0 bridgehead atoms. The van der Waals surface area contributed by atoms with E-state index in [1.54, 1.807) is 52.8 Å². The number of alkyl carbamates (subject to hydrolysis) is 1. The summed E-state index contributed by atoms with van der Waals surface area (Å²) in [5.41, 5.74) is -0.630. The number of nitro groups is 1. The van der Waals surface area contributed by atoms with Gasteiger partial charge in [0.1, 0.15) is 5.60 Å². The molecule has 2 N–H and O–H groups in total. The van der Waals surface area contributed by atoms with Gasteiger partial charge in [0.15, 0.2) is 0 Å². The average molecular weight is 363 g/mol. The zero-order chi connectivity index (χ0) is 20.0. The van der Waals surface area contributed by atoms with Gasteiger partial charge in [0.25, 0.3) is 5.69 Å². The third-order valence-electron chi connectivity index (χ3n) is 3.07. The first-order valence-corrected chi connectivity index (χ1v) is 8.09. The highest BCUT2D eigenvalue weighted by Crippen LogP contribution is 2.13. The van der Waals surface area contributed by atoms with E-state index in [0.29, 0.717) is 5.56 Å². The third kappa shape index (κ3) is 8.27. The number of rotatable bonds is 6. The fourth-order valence-corrected chi connectivity index (χ4v) is 1.91. The summed E-state index contributed by atoms with van der Waals surface area (Å²) in [6, 6.07) is 5.84. The first-order valence-electron chi connectivity index (χ1n) is 8.09. The van der Waals surface area contributed by atoms with E-state index in [1.807, 2.05) is 0 Å². The molecule has 8 nitrogen and oxygen atoms in total. The van der Waals surface area contributed by atoms with Gasteiger partial charge in [-0.15, -0.1) is 0 Å². The van der Waals surface area contributed by atoms with Gasteiger partial charge in [0.2, 0.25) is 5.91 Å². The lowest BCUT2D eigenvalue weighted by Gasteiger charge is -2.27. The molecule has 1 aromatic rings. The molecule has 0 saturated heterocycles. The topological polar surface area (TPSA) is 111 Å². The number of nitrogens with zero attached hydrogens (tertiary/aromatic N) is 1. The molecular weight excluding hydrogens is 338 g/mol. The zero-order valence-electron chi connectivity index (χ0n) is 15.7. The molecular formula is C18H25N3O5. The van der Waals surface area contributed by atoms with Crippen LogP contribution >= 0.6 is 0 Å². The number of nitro benzene ring substituents is 1. The molecule has 0 spiro atoms. The Kier molecular flexibility index (Phi) is 6.88. The van der Waals surface area contributed by atoms with Gasteiger partial charge < -0.3 is 15.4 Å². The van der Waals surface area contributed by atoms with E-state index < -0.39 is 22.2 Å². The predicted molar refractivity (Wildman–Crippen MR) is 98.6 cm³/mol. The van der Waals surface area contributed by atoms with Gasteiger partial charge in [-0.3, -0.25) is 14.9 Å². The fourth-order valence-electron chi connectivity index (χ4n) is 1.91. The number of hydrogen-bond donors (Lipinski definition) is 2. The van der Waals surface area contributed by atoms with Crippen LogP contribution in [0.5, 0.6) is 0 Å². The van der Waals surface area contributed by atoms with Crippen molar-refractivity contribution in [2.75, 3.05) is 6.54 Å². The van der Waals surface area contributed by atoms with Crippen molar-refractivity contribution in [3.63, 3.8) is 0 Å². The van der Waals surface area contributed by atoms with Crippen molar-refractivity contribution in [1.29, 1.82) is 0 Å². The highest BCUT2D eigenvalue weighted by atomic mass is 16.6. The van der Waals surface area contributed by atoms with Gasteiger partial charge in [-0.05, 0) is 58.4 Å². The number of ether oxygens (including phenoxy) is 1. The summed E-state index contributed by atoms with van der Waals surface area (Å²) in [6.45, 7) is 9.02. The Morgan fingerprint density at radius 3 is 2.23 bits per heavy atom. The predicted octanol–water partition coefficient (Wildman–Crippen LogP) is 3.03. The van der Waals surface area contributed by atoms with Crippen LogP contribution in [0.3, 0.4) is 0 Å². The number of hydrogen-bond acceptors (Lipinski definition) is 5. The van der Waals surface area contributed by atoms with E-state index in [9.17, 15) is 19.7 Å². The first-order chi connectivity index (χ1) is 11.9. The molecule has 142 valence electrons. The van der Waals surface area contributed by atoms with Crippen LogP contribution in [0.1, 0.15) is 40.2 Å². The van der Waals surface area contributed by atoms with Gasteiger partial charge in [-0.1, -0.05) is 0 Å². The lowest BCUT2D eigenvalue weighted by molar-refractivity contribution is -0.384. The van der Waals surface area contributed by atoms with Crippen molar-refractivity contribution in [2.24, 2.45) is 0 Å². The molecule has 0 heterocycles. The Bertz CT molecular complexity index is 688. The number of carbonyl (C=O) groups excluding carboxylic acids is 2. The van der Waals surface area contributed by atoms with E-state index >= 15 is 0 Å². The number of amides is 2. The largest absolute Gasteiger partial charge is 0.444 e. The van der Waals surface area contributed by atoms with Crippen molar-refractivity contribution in [3.05, 3.63) is 46.0 Å². The highest BCUT2D eigenvalue weighted by molar-refractivity contribution is 5.92. The fraction of sp³-hybridized carbons (Fsp3) is 0.444. The number of nitrogens with one attached hydrogen (secondary N) is 2. The quantitative estimate of drug-likeness (QED) is 0.458. The maximum absolute atomic E-state index is 12.0. The van der Waals surface area contributed by atoms with Gasteiger partial charge >= 0.3 is 6.09 Å². The Morgan fingerprint density at radius 1 is 1.15 bits per heavy atom. The molecule has 0 radical (unpaired) electrons. The van der Waals surface area contributed by atoms with Crippen molar-refractivity contribution >= 4 is 23.8 Å². The smallest absolute Gasteiger partial charge is 0.407 e. The highest BCUT2D eigenvalue weighted by Gasteiger charge is 2.22. The van der Waals surface area contributed by atoms with Crippen molar-refractivity contribution in [3.8, 4) is 0 Å². The lowest BCUT2D eigenvalue weighted by Crippen LogP contribution is -2.51. The maximum atomic E-state index is 12.0. The number of carbonyl (C=O) groups is 2. The molecule has 0 aliphatic carbocycles. The normalized spacial score (nSPS) is 11.9. The van der Waals surface area contributed by atoms with E-state index in [-0.39, 0.29) is 18.1 Å². The molecule has 8 heteroatoms. The van der Waals surface area contributed by atoms with Gasteiger partial charge in [0.05, 0.1) is 10.5 Å². The molecule has 0 unspecified atom stereocenters. The molecule has 0 atom stereocenters. The van der Waals surface area contributed by atoms with Gasteiger partial charge in [0, 0.05) is 24.8 Å². The van der Waals surface area contributed by atoms with Crippen LogP contribution in [0.25, 0.3) is 6.08 Å². The molecule has 1 aromatic carbocycles. The molecule has 2 amide bonds. The standard InChI is InChI=1S/C18H25N3O5/c1-17(2,3)26-16(23)19-12-18(4,5)20-15(22)11-8-13-6-9-14(10-7-13)21(24)25/h6-11H,12H2,1-5H3,(H,19,23)(H,20,22)/b11-8+. The van der Waals surface area contributed by atoms with Crippen LogP contribution in [-0.4, -0.2) is 34.6 Å². The zero-order valence-corrected chi connectivity index (χ0v) is 15.7. The first kappa shape index (κ1) is 21.1. The Morgan fingerprint density at radius 2 is 1.73 bits per heavy atom. The van der Waals surface area contributed by atoms with Crippen molar-refractivity contribution in [1.82, 2.24) is 10.6 Å². The molecule has 0 fully saturated rings. The van der Waals surface area contributed by atoms with Gasteiger partial charge in [-0.2, -0.15) is 0 Å². The summed E-state index contributed by atoms with van der Waals surface area (Å²) in [7, 11) is 0. The van der Waals surface area contributed by atoms with E-state index in [4.69, 9.17) is 4.74 Å². The minimum absolute atomic E-state index is 0.0130. The van der Waals surface area contributed by atoms with Crippen LogP contribution in [-0.2, 0) is 9.53 Å². The lowest BCUT2D eigenvalue weighted by atomic mass is 10.1. The summed E-state index contributed by atoms with van der Waals surface area (Å²) in [5.74, 6) is -0.348. The molecule has 0 saturated carbocycles. The molecule has 1 rings (SSSR count).